The number of aromatic nitrogens is 2. The number of benzene rings is 5. The number of carbonyl (C=O) groups is 9. The molecule has 33 nitrogen and oxygen atoms in total. The van der Waals surface area contributed by atoms with Crippen molar-refractivity contribution in [2.75, 3.05) is 131 Å². The SMILES string of the molecule is CCCNC(=O)Nc1cccc(S(=O)(=O)Nc2cccc([C@@H](CC(=O)O)NC(=O)Nc3ccc(NC(=O)NCCN(C)CCN(C)CCN(C)CC(=O)N[C@@H](CC(N)=O)C(=O)N4CCC[C@H]4C(=O)N[C@H](C(=O)N=[S@](C)(=O)Cc4cc5cc(c4)OCCCCCNc4cc(ccc4F)-c4nc(ncc4F)N5)C(C)C)cc3)c2)c1. The van der Waals surface area contributed by atoms with Gasteiger partial charge in [-0.3, -0.25) is 38.4 Å². The fraction of sp³-hybridized carbons (Fsp3) is 0.427. The van der Waals surface area contributed by atoms with E-state index in [4.69, 9.17) is 10.5 Å². The van der Waals surface area contributed by atoms with E-state index in [9.17, 15) is 65.3 Å². The average Bonchev–Trinajstić information content (AvgIpc) is 1.74. The Morgan fingerprint density at radius 3 is 2.09 bits per heavy atom. The summed E-state index contributed by atoms with van der Waals surface area (Å²) in [6, 6.07) is 20.1. The first-order valence-electron chi connectivity index (χ1n) is 36.6. The maximum absolute atomic E-state index is 15.2. The van der Waals surface area contributed by atoms with E-state index >= 15 is 4.39 Å². The lowest BCUT2D eigenvalue weighted by atomic mass is 10.0. The highest BCUT2D eigenvalue weighted by atomic mass is 32.2. The Hall–Kier alpha value is -11.2. The minimum Gasteiger partial charge on any atom is -0.494 e. The lowest BCUT2D eigenvalue weighted by Crippen LogP contribution is -2.57. The molecule has 112 heavy (non-hydrogen) atoms. The van der Waals surface area contributed by atoms with Gasteiger partial charge in [-0.05, 0) is 162 Å². The number of rotatable bonds is 33. The molecule has 1 saturated heterocycles. The first kappa shape index (κ1) is 86.4. The number of hydrogen-bond donors (Lipinski definition) is 13. The number of hydrogen-bond acceptors (Lipinski definition) is 20. The number of anilines is 7. The summed E-state index contributed by atoms with van der Waals surface area (Å²) < 4.78 is 83.9. The fourth-order valence-corrected chi connectivity index (χ4v) is 14.6. The van der Waals surface area contributed by atoms with E-state index < -0.39 is 128 Å². The first-order chi connectivity index (χ1) is 53.3. The van der Waals surface area contributed by atoms with Crippen LogP contribution in [0.1, 0.15) is 89.3 Å². The molecule has 0 spiro atoms. The van der Waals surface area contributed by atoms with Gasteiger partial charge in [0.25, 0.3) is 15.9 Å². The Labute approximate surface area is 649 Å². The summed E-state index contributed by atoms with van der Waals surface area (Å²) in [5.74, 6) is -6.65. The van der Waals surface area contributed by atoms with Gasteiger partial charge in [0.05, 0.1) is 64.3 Å². The Balaban J connectivity index is 0.749. The highest BCUT2D eigenvalue weighted by Gasteiger charge is 2.40. The van der Waals surface area contributed by atoms with Crippen LogP contribution in [0.4, 0.5) is 63.2 Å². The van der Waals surface area contributed by atoms with Crippen molar-refractivity contribution in [2.45, 2.75) is 107 Å². The third kappa shape index (κ3) is 27.4. The zero-order chi connectivity index (χ0) is 81.2. The summed E-state index contributed by atoms with van der Waals surface area (Å²) in [4.78, 5) is 134. The van der Waals surface area contributed by atoms with E-state index in [0.29, 0.717) is 112 Å². The number of likely N-dealkylation sites (N-methyl/N-ethyl adjacent to an activating group) is 3. The molecule has 8 rings (SSSR count). The molecule has 1 fully saturated rings. The van der Waals surface area contributed by atoms with Gasteiger partial charge < -0.3 is 83.4 Å². The van der Waals surface area contributed by atoms with Gasteiger partial charge in [0.2, 0.25) is 29.6 Å². The van der Waals surface area contributed by atoms with Crippen molar-refractivity contribution >= 4 is 113 Å². The smallest absolute Gasteiger partial charge is 0.319 e. The second kappa shape index (κ2) is 41.2. The Morgan fingerprint density at radius 2 is 1.39 bits per heavy atom. The molecular weight excluding hydrogens is 1490 g/mol. The second-order valence-corrected chi connectivity index (χ2v) is 31.9. The highest BCUT2D eigenvalue weighted by Crippen LogP contribution is 2.31. The molecule has 5 atom stereocenters. The van der Waals surface area contributed by atoms with Crippen LogP contribution in [-0.4, -0.2) is 218 Å². The number of sulfonamides is 1. The number of aliphatic carboxylic acids is 1. The van der Waals surface area contributed by atoms with Crippen molar-refractivity contribution in [1.82, 2.24) is 56.2 Å². The normalized spacial score (nSPS) is 15.0. The Morgan fingerprint density at radius 1 is 0.723 bits per heavy atom. The van der Waals surface area contributed by atoms with E-state index in [2.05, 4.69) is 72.2 Å². The number of ether oxygens (including phenoxy) is 1. The van der Waals surface area contributed by atoms with Crippen molar-refractivity contribution in [2.24, 2.45) is 16.0 Å². The number of fused-ring (bicyclic) bond motifs is 7. The molecule has 2 aliphatic heterocycles. The molecule has 604 valence electrons. The van der Waals surface area contributed by atoms with Crippen LogP contribution < -0.4 is 68.4 Å². The van der Waals surface area contributed by atoms with Gasteiger partial charge in [-0.1, -0.05) is 39.0 Å². The first-order valence-corrected chi connectivity index (χ1v) is 40.2. The molecule has 14 N–H and O–H groups in total. The number of nitrogens with two attached hydrogens (primary N) is 1. The van der Waals surface area contributed by atoms with Crippen molar-refractivity contribution in [3.8, 4) is 17.0 Å². The summed E-state index contributed by atoms with van der Waals surface area (Å²) >= 11 is 0. The van der Waals surface area contributed by atoms with Crippen LogP contribution in [0.3, 0.4) is 0 Å². The third-order valence-corrected chi connectivity index (χ3v) is 20.7. The highest BCUT2D eigenvalue weighted by molar-refractivity contribution is 7.93. The molecule has 6 aromatic rings. The summed E-state index contributed by atoms with van der Waals surface area (Å²) in [5, 5.41) is 37.3. The number of carbonyl (C=O) groups excluding carboxylic acids is 8. The minimum atomic E-state index is -4.19. The molecule has 5 aromatic carbocycles. The summed E-state index contributed by atoms with van der Waals surface area (Å²) in [6.45, 7) is 9.29. The van der Waals surface area contributed by atoms with Crippen molar-refractivity contribution < 1.29 is 74.4 Å². The third-order valence-electron chi connectivity index (χ3n) is 17.9. The molecule has 0 radical (unpaired) electrons. The predicted molar refractivity (Wildman–Crippen MR) is 422 cm³/mol. The van der Waals surface area contributed by atoms with Crippen molar-refractivity contribution in [3.63, 3.8) is 0 Å². The van der Waals surface area contributed by atoms with Crippen LogP contribution >= 0.6 is 0 Å². The summed E-state index contributed by atoms with van der Waals surface area (Å²) in [6.07, 6.45) is 4.52. The molecule has 0 unspecified atom stereocenters. The number of nitrogens with one attached hydrogen (secondary N) is 11. The molecule has 0 aliphatic carbocycles. The van der Waals surface area contributed by atoms with Crippen LogP contribution in [-0.2, 0) is 54.3 Å². The van der Waals surface area contributed by atoms with Gasteiger partial charge in [-0.25, -0.2) is 45.8 Å². The molecule has 1 aromatic heterocycles. The van der Waals surface area contributed by atoms with Gasteiger partial charge in [0, 0.05) is 105 Å². The number of nitrogens with zero attached hydrogens (tertiary/aromatic N) is 7. The topological polar surface area (TPSA) is 444 Å². The predicted octanol–water partition coefficient (Wildman–Crippen LogP) is 7.04. The van der Waals surface area contributed by atoms with Crippen LogP contribution in [0.2, 0.25) is 0 Å². The zero-order valence-electron chi connectivity index (χ0n) is 63.5. The summed E-state index contributed by atoms with van der Waals surface area (Å²) in [5.41, 5.74) is 8.18. The maximum Gasteiger partial charge on any atom is 0.319 e. The Bertz CT molecular complexity index is 4590. The average molecular weight is 1590 g/mol. The number of primary amides is 1. The zero-order valence-corrected chi connectivity index (χ0v) is 65.2. The summed E-state index contributed by atoms with van der Waals surface area (Å²) in [7, 11) is -2.07. The van der Waals surface area contributed by atoms with Crippen LogP contribution in [0.25, 0.3) is 11.3 Å². The van der Waals surface area contributed by atoms with Crippen molar-refractivity contribution in [3.05, 3.63) is 138 Å². The molecular formula is C75H99F2N19O14S2. The minimum absolute atomic E-state index is 0.00449. The van der Waals surface area contributed by atoms with Crippen molar-refractivity contribution in [1.29, 1.82) is 0 Å². The van der Waals surface area contributed by atoms with E-state index in [-0.39, 0.29) is 71.0 Å². The number of amides is 11. The second-order valence-electron chi connectivity index (χ2n) is 27.8. The lowest BCUT2D eigenvalue weighted by Gasteiger charge is -2.30. The van der Waals surface area contributed by atoms with Crippen LogP contribution in [0, 0.1) is 17.6 Å². The monoisotopic (exact) mass is 1590 g/mol. The van der Waals surface area contributed by atoms with Gasteiger partial charge in [-0.15, -0.1) is 0 Å². The maximum atomic E-state index is 15.2. The van der Waals surface area contributed by atoms with E-state index in [1.165, 1.54) is 90.0 Å². The number of carboxylic acids is 1. The molecule has 11 amide bonds. The number of likely N-dealkylation sites (tertiary alicyclic amines) is 1. The molecule has 2 aliphatic rings. The number of urea groups is 3. The standard InChI is InChI=1S/C75H99F2N19O14S2/c1-8-26-80-73(104)86-53-16-13-18-57(41-53)112(108,109)91-54-17-12-15-49(38-54)60(43-66(99)100)88-75(106)85-52-23-21-51(22-24-52)84-74(105)81-28-30-93(4)31-32-94(5)33-34-95(6)45-65(98)87-62(42-64(78)97)71(103)96-29-14-19-63(96)69(101)89-67(47(2)3)70(102)92-111(7,107)46-48-36-55-40-56(37-48)110-35-11-9-10-27-79-61-39-50(20-25-58(61)76)68-59(77)44-82-72(83-55)90-68/h12-13,15-18,20-25,36-41,44,47,60,62-63,67,79,91H,8-11,14,19,26-35,42-43,45-46H2,1-7H3,(H2,78,97)(H,87,98)(H,89,101)(H,99,100)(H2,80,86,104)(H2,81,84,105)(H,82,83,90)(H2,85,88,106)/t60-,62+,63+,67+,111-/m1/s1. The van der Waals surface area contributed by atoms with Gasteiger partial charge in [-0.2, -0.15) is 4.36 Å². The van der Waals surface area contributed by atoms with E-state index in [1.54, 1.807) is 56.1 Å². The Kier molecular flexibility index (Phi) is 31.8. The number of carboxylic acid groups (broad SMARTS) is 1. The van der Waals surface area contributed by atoms with Gasteiger partial charge >= 0.3 is 24.1 Å². The molecule has 0 saturated carbocycles. The van der Waals surface area contributed by atoms with Crippen LogP contribution in [0.15, 0.2) is 125 Å². The van der Waals surface area contributed by atoms with E-state index in [1.807, 2.05) is 30.8 Å². The van der Waals surface area contributed by atoms with Gasteiger partial charge in [0.1, 0.15) is 35.4 Å². The molecule has 37 heteroatoms. The fourth-order valence-electron chi connectivity index (χ4n) is 12.1. The van der Waals surface area contributed by atoms with E-state index in [0.717, 1.165) is 12.6 Å². The number of halogens is 2. The molecule has 3 heterocycles. The molecule has 6 bridgehead atoms. The van der Waals surface area contributed by atoms with Gasteiger partial charge in [0.15, 0.2) is 5.82 Å². The van der Waals surface area contributed by atoms with Crippen LogP contribution in [0.5, 0.6) is 5.75 Å². The lowest BCUT2D eigenvalue weighted by molar-refractivity contribution is -0.143. The largest absolute Gasteiger partial charge is 0.494 e. The quantitative estimate of drug-likeness (QED) is 0.0196.